The van der Waals surface area contributed by atoms with Crippen LogP contribution in [-0.4, -0.2) is 35.2 Å². The molecule has 2 aliphatic rings. The van der Waals surface area contributed by atoms with Crippen molar-refractivity contribution in [2.45, 2.75) is 17.8 Å². The van der Waals surface area contributed by atoms with Crippen LogP contribution in [0.25, 0.3) is 0 Å². The second kappa shape index (κ2) is 6.88. The van der Waals surface area contributed by atoms with Crippen molar-refractivity contribution in [1.82, 2.24) is 4.90 Å². The number of rotatable bonds is 4. The number of amides is 3. The van der Waals surface area contributed by atoms with E-state index in [9.17, 15) is 9.59 Å². The minimum absolute atomic E-state index is 0.160. The molecular weight excluding hydrogens is 348 g/mol. The van der Waals surface area contributed by atoms with E-state index in [4.69, 9.17) is 4.74 Å². The molecule has 2 atom stereocenters. The Balaban J connectivity index is 1.66. The van der Waals surface area contributed by atoms with Crippen LogP contribution < -0.4 is 9.64 Å². The van der Waals surface area contributed by atoms with Crippen LogP contribution in [0.1, 0.15) is 5.56 Å². The van der Waals surface area contributed by atoms with Crippen LogP contribution in [0, 0.1) is 0 Å². The summed E-state index contributed by atoms with van der Waals surface area (Å²) in [5.41, 5.74) is 1.60. The van der Waals surface area contributed by atoms with Gasteiger partial charge in [0, 0.05) is 6.54 Å². The van der Waals surface area contributed by atoms with Crippen LogP contribution in [0.5, 0.6) is 5.75 Å². The van der Waals surface area contributed by atoms with Crippen molar-refractivity contribution in [2.24, 2.45) is 0 Å². The van der Waals surface area contributed by atoms with Crippen molar-refractivity contribution in [3.05, 3.63) is 71.6 Å². The number of anilines is 1. The molecule has 2 aromatic rings. The standard InChI is InChI=1S/C20H18N2O3S/c1-25-16-9-7-14(8-10-16)13-21-17-11-12-26-18(17)19(23)22(20(21)24)15-5-3-2-4-6-15/h2-12,17-18H,13H2,1H3. The number of fused-ring (bicyclic) bond motifs is 1. The molecule has 0 N–H and O–H groups in total. The Kier molecular flexibility index (Phi) is 4.42. The Morgan fingerprint density at radius 3 is 2.46 bits per heavy atom. The van der Waals surface area contributed by atoms with E-state index in [-0.39, 0.29) is 23.2 Å². The van der Waals surface area contributed by atoms with Gasteiger partial charge in [0.05, 0.1) is 18.8 Å². The van der Waals surface area contributed by atoms with Crippen molar-refractivity contribution in [1.29, 1.82) is 0 Å². The summed E-state index contributed by atoms with van der Waals surface area (Å²) in [6.45, 7) is 0.436. The van der Waals surface area contributed by atoms with Crippen molar-refractivity contribution in [3.8, 4) is 5.75 Å². The van der Waals surface area contributed by atoms with E-state index in [1.165, 1.54) is 16.7 Å². The van der Waals surface area contributed by atoms with E-state index in [1.54, 1.807) is 24.1 Å². The van der Waals surface area contributed by atoms with Gasteiger partial charge in [-0.2, -0.15) is 0 Å². The number of carbonyl (C=O) groups is 2. The lowest BCUT2D eigenvalue weighted by Crippen LogP contribution is -2.61. The largest absolute Gasteiger partial charge is 0.497 e. The molecule has 3 amide bonds. The molecule has 0 radical (unpaired) electrons. The summed E-state index contributed by atoms with van der Waals surface area (Å²) in [5.74, 6) is 0.612. The average Bonchev–Trinajstić information content (AvgIpc) is 3.17. The minimum Gasteiger partial charge on any atom is -0.497 e. The van der Waals surface area contributed by atoms with Crippen molar-refractivity contribution in [2.75, 3.05) is 12.0 Å². The first-order valence-electron chi connectivity index (χ1n) is 8.34. The van der Waals surface area contributed by atoms with Gasteiger partial charge in [0.25, 0.3) is 5.91 Å². The molecule has 0 saturated carbocycles. The van der Waals surface area contributed by atoms with Crippen molar-refractivity contribution in [3.63, 3.8) is 0 Å². The molecule has 0 aromatic heterocycles. The monoisotopic (exact) mass is 366 g/mol. The van der Waals surface area contributed by atoms with Gasteiger partial charge in [-0.15, -0.1) is 11.8 Å². The van der Waals surface area contributed by atoms with Crippen LogP contribution in [0.15, 0.2) is 66.1 Å². The highest BCUT2D eigenvalue weighted by atomic mass is 32.2. The lowest BCUT2D eigenvalue weighted by molar-refractivity contribution is -0.119. The molecule has 6 heteroatoms. The SMILES string of the molecule is COc1ccc(CN2C(=O)N(c3ccccc3)C(=O)C3SC=CC32)cc1. The van der Waals surface area contributed by atoms with E-state index in [0.717, 1.165) is 11.3 Å². The Morgan fingerprint density at radius 1 is 1.04 bits per heavy atom. The Bertz CT molecular complexity index is 851. The Hall–Kier alpha value is -2.73. The predicted octanol–water partition coefficient (Wildman–Crippen LogP) is 3.66. The predicted molar refractivity (Wildman–Crippen MR) is 102 cm³/mol. The maximum atomic E-state index is 13.2. The number of hydrogen-bond acceptors (Lipinski definition) is 4. The van der Waals surface area contributed by atoms with Gasteiger partial charge in [-0.1, -0.05) is 36.4 Å². The molecule has 4 rings (SSSR count). The van der Waals surface area contributed by atoms with Gasteiger partial charge < -0.3 is 9.64 Å². The molecule has 2 aromatic carbocycles. The second-order valence-corrected chi connectivity index (χ2v) is 7.20. The Labute approximate surface area is 156 Å². The van der Waals surface area contributed by atoms with Crippen LogP contribution >= 0.6 is 11.8 Å². The second-order valence-electron chi connectivity index (χ2n) is 6.14. The first-order chi connectivity index (χ1) is 12.7. The van der Waals surface area contributed by atoms with Gasteiger partial charge in [-0.25, -0.2) is 9.69 Å². The molecule has 0 spiro atoms. The lowest BCUT2D eigenvalue weighted by atomic mass is 10.1. The molecule has 1 saturated heterocycles. The maximum Gasteiger partial charge on any atom is 0.332 e. The number of methoxy groups -OCH3 is 1. The van der Waals surface area contributed by atoms with Gasteiger partial charge in [0.2, 0.25) is 0 Å². The number of imide groups is 1. The first-order valence-corrected chi connectivity index (χ1v) is 9.28. The highest BCUT2D eigenvalue weighted by Crippen LogP contribution is 2.37. The number of thioether (sulfide) groups is 1. The molecule has 0 bridgehead atoms. The summed E-state index contributed by atoms with van der Waals surface area (Å²) in [5, 5.41) is 1.61. The van der Waals surface area contributed by atoms with Gasteiger partial charge in [-0.3, -0.25) is 4.79 Å². The number of nitrogens with zero attached hydrogens (tertiary/aromatic N) is 2. The third kappa shape index (κ3) is 2.86. The normalized spacial score (nSPS) is 21.9. The molecule has 0 aliphatic carbocycles. The minimum atomic E-state index is -0.300. The fourth-order valence-corrected chi connectivity index (χ4v) is 4.30. The maximum absolute atomic E-state index is 13.2. The van der Waals surface area contributed by atoms with Crippen LogP contribution in [-0.2, 0) is 11.3 Å². The zero-order valence-corrected chi connectivity index (χ0v) is 15.1. The molecule has 132 valence electrons. The topological polar surface area (TPSA) is 49.9 Å². The zero-order chi connectivity index (χ0) is 18.1. The number of para-hydroxylation sites is 1. The number of hydrogen-bond donors (Lipinski definition) is 0. The summed E-state index contributed by atoms with van der Waals surface area (Å²) in [4.78, 5) is 29.1. The first kappa shape index (κ1) is 16.7. The lowest BCUT2D eigenvalue weighted by Gasteiger charge is -2.41. The molecule has 26 heavy (non-hydrogen) atoms. The highest BCUT2D eigenvalue weighted by molar-refractivity contribution is 8.03. The van der Waals surface area contributed by atoms with Crippen molar-refractivity contribution >= 4 is 29.4 Å². The molecule has 2 aliphatic heterocycles. The number of benzene rings is 2. The number of carbonyl (C=O) groups excluding carboxylic acids is 2. The molecule has 1 fully saturated rings. The summed E-state index contributed by atoms with van der Waals surface area (Å²) < 4.78 is 5.19. The third-order valence-corrected chi connectivity index (χ3v) is 5.69. The summed E-state index contributed by atoms with van der Waals surface area (Å²) in [6.07, 6.45) is 1.94. The molecule has 2 unspecified atom stereocenters. The van der Waals surface area contributed by atoms with Gasteiger partial charge in [0.15, 0.2) is 0 Å². The molecule has 5 nitrogen and oxygen atoms in total. The van der Waals surface area contributed by atoms with E-state index in [0.29, 0.717) is 12.2 Å². The smallest absolute Gasteiger partial charge is 0.332 e. The fourth-order valence-electron chi connectivity index (χ4n) is 3.26. The number of urea groups is 1. The summed E-state index contributed by atoms with van der Waals surface area (Å²) in [7, 11) is 1.62. The van der Waals surface area contributed by atoms with E-state index < -0.39 is 0 Å². The van der Waals surface area contributed by atoms with Gasteiger partial charge in [-0.05, 0) is 35.2 Å². The zero-order valence-electron chi connectivity index (χ0n) is 14.2. The molecule has 2 heterocycles. The Morgan fingerprint density at radius 2 is 1.77 bits per heavy atom. The summed E-state index contributed by atoms with van der Waals surface area (Å²) in [6, 6.07) is 16.2. The third-order valence-electron chi connectivity index (χ3n) is 4.60. The highest BCUT2D eigenvalue weighted by Gasteiger charge is 2.47. The van der Waals surface area contributed by atoms with Crippen molar-refractivity contribution < 1.29 is 14.3 Å². The van der Waals surface area contributed by atoms with Crippen LogP contribution in [0.4, 0.5) is 10.5 Å². The van der Waals surface area contributed by atoms with E-state index >= 15 is 0 Å². The molecular formula is C20H18N2O3S. The van der Waals surface area contributed by atoms with E-state index in [2.05, 4.69) is 0 Å². The number of ether oxygens (including phenoxy) is 1. The van der Waals surface area contributed by atoms with E-state index in [1.807, 2.05) is 53.9 Å². The van der Waals surface area contributed by atoms with Gasteiger partial charge in [0.1, 0.15) is 11.0 Å². The fraction of sp³-hybridized carbons (Fsp3) is 0.200. The quantitative estimate of drug-likeness (QED) is 0.829. The van der Waals surface area contributed by atoms with Gasteiger partial charge >= 0.3 is 6.03 Å². The summed E-state index contributed by atoms with van der Waals surface area (Å²) >= 11 is 1.47. The average molecular weight is 366 g/mol. The van der Waals surface area contributed by atoms with Crippen LogP contribution in [0.2, 0.25) is 0 Å². The van der Waals surface area contributed by atoms with Crippen LogP contribution in [0.3, 0.4) is 0 Å².